The zero-order valence-electron chi connectivity index (χ0n) is 11.0. The molecule has 2 aromatic heterocycles. The molecule has 0 fully saturated rings. The van der Waals surface area contributed by atoms with Crippen molar-refractivity contribution in [3.8, 4) is 0 Å². The largest absolute Gasteiger partial charge is 0.350 e. The number of carbonyl (C=O) groups is 1. The second kappa shape index (κ2) is 6.90. The number of aryl methyl sites for hydroxylation is 2. The van der Waals surface area contributed by atoms with E-state index in [2.05, 4.69) is 31.4 Å². The van der Waals surface area contributed by atoms with E-state index in [9.17, 15) is 4.79 Å². The Hall–Kier alpha value is -1.34. The lowest BCUT2D eigenvalue weighted by Gasteiger charge is -2.08. The van der Waals surface area contributed by atoms with Gasteiger partial charge in [-0.25, -0.2) is 0 Å². The summed E-state index contributed by atoms with van der Waals surface area (Å²) in [4.78, 5) is 11.8. The molecule has 8 heteroatoms. The van der Waals surface area contributed by atoms with Crippen LogP contribution in [0.25, 0.3) is 0 Å². The van der Waals surface area contributed by atoms with Crippen molar-refractivity contribution >= 4 is 33.4 Å². The summed E-state index contributed by atoms with van der Waals surface area (Å²) in [5.41, 5.74) is 0.961. The molecule has 1 amide bonds. The van der Waals surface area contributed by atoms with E-state index in [1.165, 1.54) is 0 Å². The van der Waals surface area contributed by atoms with E-state index in [0.29, 0.717) is 24.5 Å². The molecule has 0 saturated heterocycles. The summed E-state index contributed by atoms with van der Waals surface area (Å²) in [6.07, 6.45) is 5.33. The third-order valence-corrected chi connectivity index (χ3v) is 3.68. The third kappa shape index (κ3) is 3.83. The van der Waals surface area contributed by atoms with Crippen LogP contribution in [-0.2, 0) is 24.4 Å². The lowest BCUT2D eigenvalue weighted by molar-refractivity contribution is -0.121. The van der Waals surface area contributed by atoms with Gasteiger partial charge in [0, 0.05) is 25.7 Å². The summed E-state index contributed by atoms with van der Waals surface area (Å²) < 4.78 is 4.39. The molecule has 0 bridgehead atoms. The van der Waals surface area contributed by atoms with Crippen molar-refractivity contribution in [3.63, 3.8) is 0 Å². The van der Waals surface area contributed by atoms with Gasteiger partial charge in [-0.15, -0.1) is 0 Å². The van der Waals surface area contributed by atoms with Crippen LogP contribution in [0, 0.1) is 0 Å². The fraction of sp³-hybridized carbons (Fsp3) is 0.417. The fourth-order valence-electron chi connectivity index (χ4n) is 1.78. The number of hydrogen-bond acceptors (Lipinski definition) is 3. The van der Waals surface area contributed by atoms with Gasteiger partial charge >= 0.3 is 0 Å². The van der Waals surface area contributed by atoms with Crippen molar-refractivity contribution in [2.75, 3.05) is 0 Å². The Kier molecular flexibility index (Phi) is 5.19. The lowest BCUT2D eigenvalue weighted by Crippen LogP contribution is -2.25. The molecular weight excluding hydrogens is 346 g/mol. The second-order valence-electron chi connectivity index (χ2n) is 4.20. The van der Waals surface area contributed by atoms with Crippen molar-refractivity contribution < 1.29 is 4.79 Å². The van der Waals surface area contributed by atoms with Gasteiger partial charge in [-0.05, 0) is 22.9 Å². The number of rotatable bonds is 6. The van der Waals surface area contributed by atoms with E-state index in [0.717, 1.165) is 16.7 Å². The molecule has 0 radical (unpaired) electrons. The van der Waals surface area contributed by atoms with E-state index in [1.807, 2.05) is 11.6 Å². The Morgan fingerprint density at radius 1 is 1.45 bits per heavy atom. The number of nitrogens with one attached hydrogen (secondary N) is 1. The fourth-order valence-corrected chi connectivity index (χ4v) is 2.38. The lowest BCUT2D eigenvalue weighted by atomic mass is 10.3. The number of halogens is 2. The minimum absolute atomic E-state index is 0.0348. The topological polar surface area (TPSA) is 64.7 Å². The zero-order valence-corrected chi connectivity index (χ0v) is 13.4. The van der Waals surface area contributed by atoms with Crippen LogP contribution in [0.1, 0.15) is 19.0 Å². The van der Waals surface area contributed by atoms with Crippen LogP contribution >= 0.6 is 27.5 Å². The van der Waals surface area contributed by atoms with Crippen LogP contribution < -0.4 is 5.32 Å². The van der Waals surface area contributed by atoms with Crippen molar-refractivity contribution in [1.82, 2.24) is 24.9 Å². The number of nitrogens with zero attached hydrogens (tertiary/aromatic N) is 4. The highest BCUT2D eigenvalue weighted by atomic mass is 79.9. The zero-order chi connectivity index (χ0) is 14.5. The molecule has 6 nitrogen and oxygen atoms in total. The molecule has 0 atom stereocenters. The van der Waals surface area contributed by atoms with E-state index >= 15 is 0 Å². The summed E-state index contributed by atoms with van der Waals surface area (Å²) in [7, 11) is 0. The second-order valence-corrected chi connectivity index (χ2v) is 5.49. The first-order chi connectivity index (χ1) is 9.60. The SMILES string of the molecule is CCn1ncc(Br)c1CNC(=O)CCn1cc(Cl)cn1. The van der Waals surface area contributed by atoms with Gasteiger partial charge in [0.25, 0.3) is 0 Å². The quantitative estimate of drug-likeness (QED) is 0.859. The highest BCUT2D eigenvalue weighted by molar-refractivity contribution is 9.10. The molecule has 0 aliphatic heterocycles. The van der Waals surface area contributed by atoms with Crippen LogP contribution in [-0.4, -0.2) is 25.5 Å². The van der Waals surface area contributed by atoms with E-state index in [4.69, 9.17) is 11.6 Å². The number of aromatic nitrogens is 4. The van der Waals surface area contributed by atoms with Crippen LogP contribution in [0.5, 0.6) is 0 Å². The molecule has 20 heavy (non-hydrogen) atoms. The molecular formula is C12H15BrClN5O. The average Bonchev–Trinajstić information content (AvgIpc) is 3.00. The van der Waals surface area contributed by atoms with Crippen molar-refractivity contribution in [3.05, 3.63) is 33.8 Å². The molecule has 0 saturated carbocycles. The van der Waals surface area contributed by atoms with Gasteiger partial charge in [0.2, 0.25) is 5.91 Å². The van der Waals surface area contributed by atoms with Gasteiger partial charge in [-0.2, -0.15) is 10.2 Å². The predicted octanol–water partition coefficient (Wildman–Crippen LogP) is 2.22. The Bertz CT molecular complexity index is 594. The maximum absolute atomic E-state index is 11.8. The molecule has 0 aliphatic carbocycles. The predicted molar refractivity (Wildman–Crippen MR) is 79.3 cm³/mol. The van der Waals surface area contributed by atoms with Crippen LogP contribution in [0.4, 0.5) is 0 Å². The van der Waals surface area contributed by atoms with Crippen molar-refractivity contribution in [1.29, 1.82) is 0 Å². The maximum Gasteiger partial charge on any atom is 0.222 e. The first-order valence-electron chi connectivity index (χ1n) is 6.25. The standard InChI is InChI=1S/C12H15BrClN5O/c1-2-19-11(10(13)6-17-19)7-15-12(20)3-4-18-8-9(14)5-16-18/h5-6,8H,2-4,7H2,1H3,(H,15,20). The Morgan fingerprint density at radius 3 is 2.90 bits per heavy atom. The molecule has 2 aromatic rings. The summed E-state index contributed by atoms with van der Waals surface area (Å²) in [5, 5.41) is 11.7. The van der Waals surface area contributed by atoms with Crippen LogP contribution in [0.3, 0.4) is 0 Å². The number of amides is 1. The van der Waals surface area contributed by atoms with Gasteiger partial charge in [0.1, 0.15) is 0 Å². The van der Waals surface area contributed by atoms with Crippen LogP contribution in [0.2, 0.25) is 5.02 Å². The Labute approximate surface area is 130 Å². The first kappa shape index (κ1) is 15.1. The molecule has 2 rings (SSSR count). The molecule has 0 spiro atoms. The van der Waals surface area contributed by atoms with Gasteiger partial charge in [0.05, 0.1) is 34.1 Å². The third-order valence-electron chi connectivity index (χ3n) is 2.82. The molecule has 0 unspecified atom stereocenters. The summed E-state index contributed by atoms with van der Waals surface area (Å²) in [6.45, 7) is 3.73. The first-order valence-corrected chi connectivity index (χ1v) is 7.42. The molecule has 2 heterocycles. The maximum atomic E-state index is 11.8. The minimum atomic E-state index is -0.0348. The Balaban J connectivity index is 1.81. The van der Waals surface area contributed by atoms with Crippen molar-refractivity contribution in [2.45, 2.75) is 33.0 Å². The summed E-state index contributed by atoms with van der Waals surface area (Å²) >= 11 is 9.18. The Morgan fingerprint density at radius 2 is 2.25 bits per heavy atom. The van der Waals surface area contributed by atoms with Crippen LogP contribution in [0.15, 0.2) is 23.1 Å². The highest BCUT2D eigenvalue weighted by Crippen LogP contribution is 2.15. The molecule has 108 valence electrons. The average molecular weight is 361 g/mol. The van der Waals surface area contributed by atoms with E-state index < -0.39 is 0 Å². The molecule has 0 aromatic carbocycles. The number of hydrogen-bond donors (Lipinski definition) is 1. The van der Waals surface area contributed by atoms with Gasteiger partial charge < -0.3 is 5.32 Å². The van der Waals surface area contributed by atoms with Gasteiger partial charge in [-0.1, -0.05) is 11.6 Å². The smallest absolute Gasteiger partial charge is 0.222 e. The number of carbonyl (C=O) groups excluding carboxylic acids is 1. The van der Waals surface area contributed by atoms with Crippen molar-refractivity contribution in [2.24, 2.45) is 0 Å². The summed E-state index contributed by atoms with van der Waals surface area (Å²) in [5.74, 6) is -0.0348. The van der Waals surface area contributed by atoms with E-state index in [-0.39, 0.29) is 5.91 Å². The molecule has 1 N–H and O–H groups in total. The normalized spacial score (nSPS) is 10.8. The highest BCUT2D eigenvalue weighted by Gasteiger charge is 2.09. The van der Waals surface area contributed by atoms with Gasteiger partial charge in [-0.3, -0.25) is 14.2 Å². The monoisotopic (exact) mass is 359 g/mol. The summed E-state index contributed by atoms with van der Waals surface area (Å²) in [6, 6.07) is 0. The van der Waals surface area contributed by atoms with Gasteiger partial charge in [0.15, 0.2) is 0 Å². The van der Waals surface area contributed by atoms with E-state index in [1.54, 1.807) is 23.3 Å². The molecule has 0 aliphatic rings. The minimum Gasteiger partial charge on any atom is -0.350 e.